The van der Waals surface area contributed by atoms with Crippen LogP contribution in [0.15, 0.2) is 16.6 Å². The summed E-state index contributed by atoms with van der Waals surface area (Å²) in [4.78, 5) is 39.2. The highest BCUT2D eigenvalue weighted by Crippen LogP contribution is 2.78. The van der Waals surface area contributed by atoms with Crippen LogP contribution in [-0.4, -0.2) is 40.1 Å². The molecule has 7 rings (SSSR count). The third-order valence-electron chi connectivity index (χ3n) is 18.5. The molecule has 0 amide bonds. The van der Waals surface area contributed by atoms with Gasteiger partial charge in [0.25, 0.3) is 6.47 Å². The first-order valence-electron chi connectivity index (χ1n) is 21.4. The monoisotopic (exact) mass is 747 g/mol. The largest absolute Gasteiger partial charge is 0.462 e. The molecule has 0 bridgehead atoms. The highest BCUT2D eigenvalue weighted by Gasteiger charge is 2.72. The van der Waals surface area contributed by atoms with E-state index in [0.29, 0.717) is 60.1 Å². The normalized spacial score (nSPS) is 43.3. The van der Waals surface area contributed by atoms with E-state index in [-0.39, 0.29) is 56.9 Å². The number of carbonyl (C=O) groups excluding carboxylic acids is 3. The maximum absolute atomic E-state index is 15.0. The molecule has 54 heavy (non-hydrogen) atoms. The zero-order valence-electron chi connectivity index (χ0n) is 35.4. The summed E-state index contributed by atoms with van der Waals surface area (Å²) in [5, 5.41) is 8.47. The maximum Gasteiger partial charge on any atom is 0.310 e. The first kappa shape index (κ1) is 39.7. The summed E-state index contributed by atoms with van der Waals surface area (Å²) < 4.78 is 17.3. The number of esters is 1. The smallest absolute Gasteiger partial charge is 0.310 e. The standard InChI is InChI=1S/C46H70N2O6/c1-27(2)30-15-20-46(35(50)24-29-23-32(41(29,6)7)39-48-47-28(3)53-39)22-21-44(11)31(38(30)46)13-14-34-43(10)18-17-36(54-37(51)25-40(4,5)52-26-49)42(8,9)33(43)16-19-45(34,44)12/h26,29-34,36,38H,1,13-25H2,2-12H3/t29-,30-,31+,32+,33-,34+,36-,38+,43-,44+,45+,46+/m0/s1. The number of fused-ring (bicyclic) bond motifs is 7. The molecule has 8 nitrogen and oxygen atoms in total. The molecule has 8 heteroatoms. The number of rotatable bonds is 10. The van der Waals surface area contributed by atoms with Crippen molar-refractivity contribution in [1.29, 1.82) is 0 Å². The van der Waals surface area contributed by atoms with E-state index >= 15 is 4.79 Å². The van der Waals surface area contributed by atoms with E-state index < -0.39 is 5.60 Å². The predicted octanol–water partition coefficient (Wildman–Crippen LogP) is 10.4. The Morgan fingerprint density at radius 3 is 2.24 bits per heavy atom. The molecular weight excluding hydrogens is 677 g/mol. The Bertz CT molecular complexity index is 1680. The van der Waals surface area contributed by atoms with Crippen molar-refractivity contribution in [1.82, 2.24) is 10.2 Å². The second kappa shape index (κ2) is 13.0. The minimum atomic E-state index is -0.885. The number of hydrogen-bond acceptors (Lipinski definition) is 8. The molecule has 6 aliphatic rings. The Balaban J connectivity index is 1.12. The zero-order chi connectivity index (χ0) is 39.4. The summed E-state index contributed by atoms with van der Waals surface area (Å²) in [5.74, 6) is 4.40. The van der Waals surface area contributed by atoms with E-state index in [9.17, 15) is 9.59 Å². The van der Waals surface area contributed by atoms with Crippen LogP contribution in [0.1, 0.15) is 170 Å². The molecule has 0 aromatic carbocycles. The molecule has 6 aliphatic carbocycles. The molecule has 0 spiro atoms. The van der Waals surface area contributed by atoms with Gasteiger partial charge in [0.1, 0.15) is 17.5 Å². The van der Waals surface area contributed by atoms with Gasteiger partial charge in [0.05, 0.1) is 6.42 Å². The number of carbonyl (C=O) groups is 3. The first-order chi connectivity index (χ1) is 25.1. The van der Waals surface area contributed by atoms with Gasteiger partial charge < -0.3 is 13.9 Å². The molecule has 1 aromatic rings. The van der Waals surface area contributed by atoms with E-state index in [4.69, 9.17) is 13.9 Å². The average Bonchev–Trinajstić information content (AvgIpc) is 3.68. The predicted molar refractivity (Wildman–Crippen MR) is 208 cm³/mol. The zero-order valence-corrected chi connectivity index (χ0v) is 35.4. The lowest BCUT2D eigenvalue weighted by atomic mass is 9.32. The van der Waals surface area contributed by atoms with Crippen molar-refractivity contribution in [3.8, 4) is 0 Å². The van der Waals surface area contributed by atoms with Crippen LogP contribution >= 0.6 is 0 Å². The Labute approximate surface area is 325 Å². The second-order valence-corrected chi connectivity index (χ2v) is 21.9. The summed E-state index contributed by atoms with van der Waals surface area (Å²) in [6.07, 6.45) is 12.3. The summed E-state index contributed by atoms with van der Waals surface area (Å²) in [7, 11) is 0. The van der Waals surface area contributed by atoms with Crippen LogP contribution < -0.4 is 0 Å². The molecule has 12 atom stereocenters. The van der Waals surface area contributed by atoms with Crippen LogP contribution in [0, 0.1) is 74.9 Å². The lowest BCUT2D eigenvalue weighted by Gasteiger charge is -2.73. The minimum absolute atomic E-state index is 0.0514. The van der Waals surface area contributed by atoms with Crippen LogP contribution in [0.2, 0.25) is 0 Å². The van der Waals surface area contributed by atoms with E-state index in [0.717, 1.165) is 57.3 Å². The first-order valence-corrected chi connectivity index (χ1v) is 21.4. The van der Waals surface area contributed by atoms with Crippen molar-refractivity contribution in [3.63, 3.8) is 0 Å². The van der Waals surface area contributed by atoms with Gasteiger partial charge in [-0.3, -0.25) is 14.4 Å². The lowest BCUT2D eigenvalue weighted by molar-refractivity contribution is -0.249. The Morgan fingerprint density at radius 1 is 0.889 bits per heavy atom. The van der Waals surface area contributed by atoms with Crippen molar-refractivity contribution in [2.75, 3.05) is 0 Å². The van der Waals surface area contributed by atoms with Gasteiger partial charge in [0.15, 0.2) is 0 Å². The van der Waals surface area contributed by atoms with Gasteiger partial charge in [-0.1, -0.05) is 60.6 Å². The molecule has 0 saturated heterocycles. The van der Waals surface area contributed by atoms with Gasteiger partial charge >= 0.3 is 5.97 Å². The fourth-order valence-electron chi connectivity index (χ4n) is 15.2. The van der Waals surface area contributed by atoms with Crippen LogP contribution in [0.5, 0.6) is 0 Å². The molecule has 1 heterocycles. The molecule has 1 aromatic heterocycles. The van der Waals surface area contributed by atoms with Crippen LogP contribution in [0.4, 0.5) is 0 Å². The van der Waals surface area contributed by atoms with E-state index in [1.165, 1.54) is 24.8 Å². The Morgan fingerprint density at radius 2 is 1.61 bits per heavy atom. The number of nitrogens with zero attached hydrogens (tertiary/aromatic N) is 2. The highest BCUT2D eigenvalue weighted by atomic mass is 16.6. The number of Topliss-reactive ketones (excluding diaryl/α,β-unsaturated/α-hetero) is 1. The summed E-state index contributed by atoms with van der Waals surface area (Å²) in [6, 6.07) is 0. The molecule has 0 aliphatic heterocycles. The lowest BCUT2D eigenvalue weighted by Crippen LogP contribution is -2.67. The second-order valence-electron chi connectivity index (χ2n) is 21.9. The van der Waals surface area contributed by atoms with E-state index in [2.05, 4.69) is 72.2 Å². The number of hydrogen-bond donors (Lipinski definition) is 0. The number of ketones is 1. The van der Waals surface area contributed by atoms with Crippen molar-refractivity contribution >= 4 is 18.2 Å². The number of ether oxygens (including phenoxy) is 2. The Kier molecular flexibility index (Phi) is 9.57. The summed E-state index contributed by atoms with van der Waals surface area (Å²) in [5.41, 5.74) is 0.364. The van der Waals surface area contributed by atoms with E-state index in [1.54, 1.807) is 13.8 Å². The van der Waals surface area contributed by atoms with Crippen LogP contribution in [0.25, 0.3) is 0 Å². The Hall–Kier alpha value is -2.51. The van der Waals surface area contributed by atoms with Gasteiger partial charge in [-0.2, -0.15) is 0 Å². The van der Waals surface area contributed by atoms with E-state index in [1.807, 2.05) is 6.92 Å². The summed E-state index contributed by atoms with van der Waals surface area (Å²) >= 11 is 0. The summed E-state index contributed by atoms with van der Waals surface area (Å²) in [6.45, 7) is 29.7. The van der Waals surface area contributed by atoms with Crippen LogP contribution in [0.3, 0.4) is 0 Å². The topological polar surface area (TPSA) is 109 Å². The van der Waals surface area contributed by atoms with Gasteiger partial charge in [0, 0.05) is 30.1 Å². The number of aryl methyl sites for hydroxylation is 1. The van der Waals surface area contributed by atoms with Crippen molar-refractivity contribution in [2.45, 2.75) is 177 Å². The van der Waals surface area contributed by atoms with Gasteiger partial charge in [0.2, 0.25) is 11.8 Å². The molecule has 6 saturated carbocycles. The molecular formula is C46H70N2O6. The molecule has 0 radical (unpaired) electrons. The minimum Gasteiger partial charge on any atom is -0.462 e. The SMILES string of the molecule is C=C(C)[C@@H]1CC[C@]2(C(=O)C[C@@H]3C[C@H](c4nnc(C)o4)C3(C)C)CC[C@]3(C)[C@H](CC[C@@H]4[C@@]5(C)CC[C@H](OC(=O)CC(C)(C)OC=O)C(C)(C)[C@@H]5CC[C@]43C)[C@@H]12. The van der Waals surface area contributed by atoms with Crippen molar-refractivity contribution in [2.24, 2.45) is 68.0 Å². The van der Waals surface area contributed by atoms with Gasteiger partial charge in [-0.15, -0.1) is 10.2 Å². The third kappa shape index (κ3) is 5.73. The molecule has 0 N–H and O–H groups in total. The molecule has 0 unspecified atom stereocenters. The number of allylic oxidation sites excluding steroid dienone is 1. The average molecular weight is 747 g/mol. The van der Waals surface area contributed by atoms with Crippen molar-refractivity contribution < 1.29 is 28.3 Å². The maximum atomic E-state index is 15.0. The highest BCUT2D eigenvalue weighted by molar-refractivity contribution is 5.86. The fraction of sp³-hybridized carbons (Fsp3) is 0.848. The van der Waals surface area contributed by atoms with Crippen LogP contribution in [-0.2, 0) is 23.9 Å². The van der Waals surface area contributed by atoms with Gasteiger partial charge in [-0.05, 0) is 149 Å². The van der Waals surface area contributed by atoms with Gasteiger partial charge in [-0.25, -0.2) is 0 Å². The van der Waals surface area contributed by atoms with Crippen molar-refractivity contribution in [3.05, 3.63) is 23.9 Å². The quantitative estimate of drug-likeness (QED) is 0.132. The number of aromatic nitrogens is 2. The molecule has 300 valence electrons. The third-order valence-corrected chi connectivity index (χ3v) is 18.5. The molecule has 6 fully saturated rings. The fourth-order valence-corrected chi connectivity index (χ4v) is 15.2.